The van der Waals surface area contributed by atoms with E-state index in [1.54, 1.807) is 6.26 Å². The number of hydrogen-bond donors (Lipinski definition) is 2. The van der Waals surface area contributed by atoms with Gasteiger partial charge in [0.1, 0.15) is 5.76 Å². The van der Waals surface area contributed by atoms with Gasteiger partial charge in [-0.3, -0.25) is 4.99 Å². The van der Waals surface area contributed by atoms with Gasteiger partial charge in [-0.25, -0.2) is 0 Å². The van der Waals surface area contributed by atoms with Crippen LogP contribution in [0.3, 0.4) is 0 Å². The number of hydrogen-bond acceptors (Lipinski definition) is 3. The van der Waals surface area contributed by atoms with E-state index in [9.17, 15) is 0 Å². The predicted octanol–water partition coefficient (Wildman–Crippen LogP) is 3.53. The van der Waals surface area contributed by atoms with Crippen molar-refractivity contribution in [3.8, 4) is 0 Å². The van der Waals surface area contributed by atoms with E-state index >= 15 is 0 Å². The first-order valence-corrected chi connectivity index (χ1v) is 8.95. The molecule has 0 saturated carbocycles. The molecule has 2 N–H and O–H groups in total. The maximum Gasteiger partial charge on any atom is 0.191 e. The van der Waals surface area contributed by atoms with Gasteiger partial charge in [-0.15, -0.1) is 24.0 Å². The van der Waals surface area contributed by atoms with Gasteiger partial charge in [-0.05, 0) is 36.6 Å². The van der Waals surface area contributed by atoms with E-state index in [2.05, 4.69) is 41.2 Å². The zero-order valence-electron chi connectivity index (χ0n) is 13.5. The Morgan fingerprint density at radius 3 is 2.95 bits per heavy atom. The smallest absolute Gasteiger partial charge is 0.191 e. The van der Waals surface area contributed by atoms with Crippen LogP contribution in [0.25, 0.3) is 0 Å². The van der Waals surface area contributed by atoms with Gasteiger partial charge >= 0.3 is 0 Å². The molecule has 4 nitrogen and oxygen atoms in total. The highest BCUT2D eigenvalue weighted by atomic mass is 127. The molecule has 22 heavy (non-hydrogen) atoms. The summed E-state index contributed by atoms with van der Waals surface area (Å²) in [5.41, 5.74) is 0. The van der Waals surface area contributed by atoms with Crippen molar-refractivity contribution >= 4 is 41.7 Å². The molecule has 1 aliphatic heterocycles. The fourth-order valence-electron chi connectivity index (χ4n) is 2.22. The number of rotatable bonds is 7. The van der Waals surface area contributed by atoms with E-state index in [-0.39, 0.29) is 24.0 Å². The third-order valence-electron chi connectivity index (χ3n) is 3.38. The standard InChI is InChI=1S/C16H27N3OS.HI/c1-13(2)11-18-16(19-12-15-6-4-10-21-15)17-8-7-14-5-3-9-20-14;/h3,5,9,13,15H,4,6-8,10-12H2,1-2H3,(H2,17,18,19);1H. The van der Waals surface area contributed by atoms with Crippen LogP contribution in [0.2, 0.25) is 0 Å². The van der Waals surface area contributed by atoms with Gasteiger partial charge < -0.3 is 15.1 Å². The molecule has 1 saturated heterocycles. The molecule has 0 aliphatic carbocycles. The van der Waals surface area contributed by atoms with Gasteiger partial charge in [-0.1, -0.05) is 13.8 Å². The second-order valence-electron chi connectivity index (χ2n) is 5.86. The molecule has 0 aromatic carbocycles. The van der Waals surface area contributed by atoms with E-state index in [1.807, 2.05) is 12.1 Å². The van der Waals surface area contributed by atoms with Crippen LogP contribution < -0.4 is 10.6 Å². The average molecular weight is 437 g/mol. The van der Waals surface area contributed by atoms with Crippen LogP contribution in [-0.4, -0.2) is 36.6 Å². The van der Waals surface area contributed by atoms with Crippen LogP contribution in [0.4, 0.5) is 0 Å². The van der Waals surface area contributed by atoms with E-state index in [1.165, 1.54) is 18.6 Å². The molecule has 0 radical (unpaired) electrons. The van der Waals surface area contributed by atoms with Crippen molar-refractivity contribution in [1.82, 2.24) is 10.6 Å². The molecular formula is C16H28IN3OS. The number of nitrogens with one attached hydrogen (secondary N) is 2. The number of furan rings is 1. The lowest BCUT2D eigenvalue weighted by atomic mass is 10.2. The van der Waals surface area contributed by atoms with Crippen molar-refractivity contribution in [2.75, 3.05) is 25.4 Å². The highest BCUT2D eigenvalue weighted by molar-refractivity contribution is 14.0. The Balaban J connectivity index is 0.00000242. The fourth-order valence-corrected chi connectivity index (χ4v) is 3.42. The summed E-state index contributed by atoms with van der Waals surface area (Å²) in [6.45, 7) is 7.09. The Bertz CT molecular complexity index is 417. The van der Waals surface area contributed by atoms with E-state index < -0.39 is 0 Å². The first-order chi connectivity index (χ1) is 10.2. The van der Waals surface area contributed by atoms with Crippen molar-refractivity contribution in [2.45, 2.75) is 38.4 Å². The number of nitrogens with zero attached hydrogens (tertiary/aromatic N) is 1. The highest BCUT2D eigenvalue weighted by Crippen LogP contribution is 2.25. The second-order valence-corrected chi connectivity index (χ2v) is 7.26. The quantitative estimate of drug-likeness (QED) is 0.389. The van der Waals surface area contributed by atoms with Crippen molar-refractivity contribution in [3.63, 3.8) is 0 Å². The Kier molecular flexibility index (Phi) is 10.0. The largest absolute Gasteiger partial charge is 0.469 e. The minimum absolute atomic E-state index is 0. The Morgan fingerprint density at radius 2 is 2.32 bits per heavy atom. The predicted molar refractivity (Wildman–Crippen MR) is 106 cm³/mol. The molecule has 126 valence electrons. The topological polar surface area (TPSA) is 49.6 Å². The van der Waals surface area contributed by atoms with Crippen LogP contribution in [-0.2, 0) is 6.42 Å². The third kappa shape index (κ3) is 7.76. The first-order valence-electron chi connectivity index (χ1n) is 7.90. The third-order valence-corrected chi connectivity index (χ3v) is 4.78. The van der Waals surface area contributed by atoms with Crippen LogP contribution in [0, 0.1) is 5.92 Å². The van der Waals surface area contributed by atoms with Crippen molar-refractivity contribution in [2.24, 2.45) is 10.9 Å². The van der Waals surface area contributed by atoms with Gasteiger partial charge in [-0.2, -0.15) is 11.8 Å². The lowest BCUT2D eigenvalue weighted by Crippen LogP contribution is -2.41. The molecule has 1 aromatic rings. The molecule has 0 amide bonds. The summed E-state index contributed by atoms with van der Waals surface area (Å²) in [5.74, 6) is 3.82. The lowest BCUT2D eigenvalue weighted by molar-refractivity contribution is 0.506. The van der Waals surface area contributed by atoms with Gasteiger partial charge in [0.15, 0.2) is 5.96 Å². The summed E-state index contributed by atoms with van der Waals surface area (Å²) < 4.78 is 5.35. The summed E-state index contributed by atoms with van der Waals surface area (Å²) in [6, 6.07) is 3.94. The molecule has 2 rings (SSSR count). The maximum atomic E-state index is 5.35. The molecule has 1 atom stereocenters. The van der Waals surface area contributed by atoms with Crippen LogP contribution >= 0.6 is 35.7 Å². The Labute approximate surface area is 155 Å². The SMILES string of the molecule is CC(C)CN=C(NCCc1ccco1)NCC1CCCS1.I. The first kappa shape index (κ1) is 19.7. The molecule has 0 spiro atoms. The van der Waals surface area contributed by atoms with Gasteiger partial charge in [0, 0.05) is 31.3 Å². The summed E-state index contributed by atoms with van der Waals surface area (Å²) in [4.78, 5) is 4.66. The molecule has 0 bridgehead atoms. The molecule has 1 unspecified atom stereocenters. The summed E-state index contributed by atoms with van der Waals surface area (Å²) in [7, 11) is 0. The van der Waals surface area contributed by atoms with Gasteiger partial charge in [0.05, 0.1) is 6.26 Å². The summed E-state index contributed by atoms with van der Waals surface area (Å²) in [6.07, 6.45) is 5.27. The Hall–Kier alpha value is -0.370. The lowest BCUT2D eigenvalue weighted by Gasteiger charge is -2.15. The highest BCUT2D eigenvalue weighted by Gasteiger charge is 2.15. The minimum atomic E-state index is 0. The van der Waals surface area contributed by atoms with Crippen molar-refractivity contribution in [3.05, 3.63) is 24.2 Å². The fraction of sp³-hybridized carbons (Fsp3) is 0.688. The summed E-state index contributed by atoms with van der Waals surface area (Å²) in [5, 5.41) is 7.63. The van der Waals surface area contributed by atoms with E-state index in [0.717, 1.165) is 43.0 Å². The number of guanidine groups is 1. The monoisotopic (exact) mass is 437 g/mol. The molecule has 6 heteroatoms. The van der Waals surface area contributed by atoms with Gasteiger partial charge in [0.25, 0.3) is 0 Å². The zero-order chi connectivity index (χ0) is 14.9. The van der Waals surface area contributed by atoms with Crippen molar-refractivity contribution < 1.29 is 4.42 Å². The molecule has 1 fully saturated rings. The average Bonchev–Trinajstić information content (AvgIpc) is 3.14. The maximum absolute atomic E-state index is 5.35. The van der Waals surface area contributed by atoms with Crippen molar-refractivity contribution in [1.29, 1.82) is 0 Å². The molecule has 2 heterocycles. The molecule has 1 aromatic heterocycles. The molecule has 1 aliphatic rings. The van der Waals surface area contributed by atoms with E-state index in [0.29, 0.717) is 5.92 Å². The van der Waals surface area contributed by atoms with Crippen LogP contribution in [0.15, 0.2) is 27.8 Å². The number of halogens is 1. The van der Waals surface area contributed by atoms with Crippen LogP contribution in [0.1, 0.15) is 32.4 Å². The minimum Gasteiger partial charge on any atom is -0.469 e. The second kappa shape index (κ2) is 11.2. The van der Waals surface area contributed by atoms with Crippen LogP contribution in [0.5, 0.6) is 0 Å². The molecular weight excluding hydrogens is 409 g/mol. The van der Waals surface area contributed by atoms with E-state index in [4.69, 9.17) is 4.42 Å². The Morgan fingerprint density at radius 1 is 1.45 bits per heavy atom. The number of aliphatic imine (C=N–C) groups is 1. The normalized spacial score (nSPS) is 18.3. The summed E-state index contributed by atoms with van der Waals surface area (Å²) >= 11 is 2.07. The zero-order valence-corrected chi connectivity index (χ0v) is 16.7. The number of thioether (sulfide) groups is 1. The van der Waals surface area contributed by atoms with Gasteiger partial charge in [0.2, 0.25) is 0 Å².